The summed E-state index contributed by atoms with van der Waals surface area (Å²) >= 11 is 0. The second kappa shape index (κ2) is 9.71. The number of nitrogens with one attached hydrogen (secondary N) is 3. The van der Waals surface area contributed by atoms with Crippen LogP contribution in [0.1, 0.15) is 18.4 Å². The Balaban J connectivity index is 1.77. The van der Waals surface area contributed by atoms with Gasteiger partial charge < -0.3 is 20.4 Å². The van der Waals surface area contributed by atoms with Gasteiger partial charge in [0.1, 0.15) is 5.82 Å². The molecule has 2 aromatic heterocycles. The Morgan fingerprint density at radius 3 is 2.28 bits per heavy atom. The van der Waals surface area contributed by atoms with Gasteiger partial charge in [0.05, 0.1) is 11.0 Å². The zero-order chi connectivity index (χ0) is 22.7. The third kappa shape index (κ3) is 4.64. The molecule has 0 bridgehead atoms. The first-order chi connectivity index (χ1) is 15.5. The van der Waals surface area contributed by atoms with Crippen LogP contribution in [0, 0.1) is 6.92 Å². The van der Waals surface area contributed by atoms with Crippen LogP contribution in [0.25, 0.3) is 32.6 Å². The van der Waals surface area contributed by atoms with Gasteiger partial charge in [-0.1, -0.05) is 18.2 Å². The van der Waals surface area contributed by atoms with Crippen LogP contribution in [0.5, 0.6) is 0 Å². The average molecular weight is 434 g/mol. The molecule has 0 saturated carbocycles. The molecule has 0 aliphatic carbocycles. The Hall–Kier alpha value is -2.90. The lowest BCUT2D eigenvalue weighted by Gasteiger charge is -2.17. The molecule has 4 aromatic rings. The molecule has 0 saturated heterocycles. The lowest BCUT2D eigenvalue weighted by atomic mass is 10.0. The molecule has 3 N–H and O–H groups in total. The largest absolute Gasteiger partial charge is 0.370 e. The number of hydrogen-bond donors (Lipinski definition) is 3. The summed E-state index contributed by atoms with van der Waals surface area (Å²) in [6, 6.07) is 10.6. The van der Waals surface area contributed by atoms with Crippen molar-refractivity contribution in [3.8, 4) is 0 Å². The lowest BCUT2D eigenvalue weighted by molar-refractivity contribution is 0.405. The Bertz CT molecular complexity index is 1210. The minimum Gasteiger partial charge on any atom is -0.370 e. The molecule has 170 valence electrons. The average Bonchev–Trinajstić information content (AvgIpc) is 3.14. The summed E-state index contributed by atoms with van der Waals surface area (Å²) in [7, 11) is 8.41. The van der Waals surface area contributed by atoms with Crippen LogP contribution < -0.4 is 10.6 Å². The van der Waals surface area contributed by atoms with Crippen molar-refractivity contribution >= 4 is 44.2 Å². The maximum Gasteiger partial charge on any atom is 0.154 e. The van der Waals surface area contributed by atoms with Gasteiger partial charge in [-0.25, -0.2) is 4.98 Å². The van der Waals surface area contributed by atoms with Gasteiger partial charge in [0, 0.05) is 34.6 Å². The lowest BCUT2D eigenvalue weighted by Crippen LogP contribution is -2.18. The van der Waals surface area contributed by atoms with E-state index in [0.717, 1.165) is 72.5 Å². The van der Waals surface area contributed by atoms with E-state index in [4.69, 9.17) is 10.1 Å². The molecule has 7 nitrogen and oxygen atoms in total. The number of H-pyrrole nitrogens is 1. The highest BCUT2D eigenvalue weighted by Gasteiger charge is 2.17. The summed E-state index contributed by atoms with van der Waals surface area (Å²) in [6.07, 6.45) is 2.12. The van der Waals surface area contributed by atoms with Crippen molar-refractivity contribution in [2.24, 2.45) is 0 Å². The van der Waals surface area contributed by atoms with E-state index in [1.807, 2.05) is 6.07 Å². The summed E-state index contributed by atoms with van der Waals surface area (Å²) in [5.74, 6) is 1.86. The predicted octanol–water partition coefficient (Wildman–Crippen LogP) is 4.30. The van der Waals surface area contributed by atoms with Gasteiger partial charge in [0.2, 0.25) is 0 Å². The van der Waals surface area contributed by atoms with Crippen LogP contribution in [0.4, 0.5) is 11.6 Å². The van der Waals surface area contributed by atoms with Crippen molar-refractivity contribution in [1.29, 1.82) is 0 Å². The Labute approximate surface area is 190 Å². The molecule has 0 spiro atoms. The summed E-state index contributed by atoms with van der Waals surface area (Å²) in [6.45, 7) is 6.02. The van der Waals surface area contributed by atoms with Crippen molar-refractivity contribution in [1.82, 2.24) is 25.0 Å². The quantitative estimate of drug-likeness (QED) is 0.324. The SMILES string of the molecule is Cc1c2nc3ccccc3c2cc2c(NCCCN(C)C)n[nH]c(NCCCN(C)C)c12. The van der Waals surface area contributed by atoms with E-state index in [2.05, 4.69) is 84.9 Å². The summed E-state index contributed by atoms with van der Waals surface area (Å²) in [5.41, 5.74) is 3.28. The topological polar surface area (TPSA) is 72.1 Å². The summed E-state index contributed by atoms with van der Waals surface area (Å²) in [5, 5.41) is 19.8. The van der Waals surface area contributed by atoms with Crippen molar-refractivity contribution in [3.63, 3.8) is 0 Å². The third-order valence-electron chi connectivity index (χ3n) is 5.91. The molecule has 0 aliphatic rings. The van der Waals surface area contributed by atoms with Crippen molar-refractivity contribution in [2.45, 2.75) is 19.8 Å². The highest BCUT2D eigenvalue weighted by molar-refractivity contribution is 6.17. The zero-order valence-electron chi connectivity index (χ0n) is 19.9. The van der Waals surface area contributed by atoms with E-state index in [1.165, 1.54) is 16.3 Å². The van der Waals surface area contributed by atoms with E-state index in [9.17, 15) is 0 Å². The summed E-state index contributed by atoms with van der Waals surface area (Å²) in [4.78, 5) is 9.36. The first-order valence-corrected chi connectivity index (χ1v) is 11.4. The molecule has 0 radical (unpaired) electrons. The molecular formula is C25H35N7. The van der Waals surface area contributed by atoms with E-state index >= 15 is 0 Å². The number of fused-ring (bicyclic) bond motifs is 4. The molecule has 2 aromatic carbocycles. The first-order valence-electron chi connectivity index (χ1n) is 11.4. The predicted molar refractivity (Wildman–Crippen MR) is 137 cm³/mol. The fourth-order valence-electron chi connectivity index (χ4n) is 4.29. The number of para-hydroxylation sites is 1. The summed E-state index contributed by atoms with van der Waals surface area (Å²) < 4.78 is 0. The van der Waals surface area contributed by atoms with E-state index in [-0.39, 0.29) is 0 Å². The van der Waals surface area contributed by atoms with Gasteiger partial charge in [-0.05, 0) is 78.7 Å². The highest BCUT2D eigenvalue weighted by Crippen LogP contribution is 2.37. The second-order valence-corrected chi connectivity index (χ2v) is 9.06. The zero-order valence-corrected chi connectivity index (χ0v) is 19.9. The van der Waals surface area contributed by atoms with E-state index < -0.39 is 0 Å². The standard InChI is InChI=1S/C25H35N7/c1-17-22-20(16-19-18-10-6-7-11-21(18)28-23(17)19)24(26-12-8-14-31(2)3)29-30-25(22)27-13-9-15-32(4)5/h6-7,10-11,16,27,30H,8-9,12-15H2,1-5H3,(H,26,29). The van der Waals surface area contributed by atoms with Gasteiger partial charge in [-0.3, -0.25) is 5.10 Å². The number of anilines is 2. The maximum atomic E-state index is 4.96. The number of benzene rings is 2. The molecule has 7 heteroatoms. The number of rotatable bonds is 10. The van der Waals surface area contributed by atoms with Crippen LogP contribution in [-0.2, 0) is 0 Å². The normalized spacial score (nSPS) is 12.0. The minimum absolute atomic E-state index is 0.876. The van der Waals surface area contributed by atoms with Crippen LogP contribution >= 0.6 is 0 Å². The van der Waals surface area contributed by atoms with Gasteiger partial charge in [-0.15, -0.1) is 0 Å². The fraction of sp³-hybridized carbons (Fsp3) is 0.440. The number of hydrogen-bond acceptors (Lipinski definition) is 6. The number of aryl methyl sites for hydroxylation is 1. The number of nitrogens with zero attached hydrogens (tertiary/aromatic N) is 4. The van der Waals surface area contributed by atoms with Gasteiger partial charge in [-0.2, -0.15) is 5.10 Å². The van der Waals surface area contributed by atoms with Crippen molar-refractivity contribution in [2.75, 3.05) is 65.0 Å². The molecule has 0 fully saturated rings. The number of aromatic nitrogens is 3. The molecule has 0 aliphatic heterocycles. The molecule has 32 heavy (non-hydrogen) atoms. The Kier molecular flexibility index (Phi) is 6.77. The maximum absolute atomic E-state index is 4.96. The molecule has 4 rings (SSSR count). The van der Waals surface area contributed by atoms with Crippen LogP contribution in [0.2, 0.25) is 0 Å². The number of aromatic amines is 1. The minimum atomic E-state index is 0.876. The van der Waals surface area contributed by atoms with Crippen LogP contribution in [-0.4, -0.2) is 79.4 Å². The molecule has 0 unspecified atom stereocenters. The van der Waals surface area contributed by atoms with Crippen LogP contribution in [0.3, 0.4) is 0 Å². The molecular weight excluding hydrogens is 398 g/mol. The third-order valence-corrected chi connectivity index (χ3v) is 5.91. The van der Waals surface area contributed by atoms with Crippen molar-refractivity contribution in [3.05, 3.63) is 35.9 Å². The Morgan fingerprint density at radius 1 is 0.875 bits per heavy atom. The van der Waals surface area contributed by atoms with Gasteiger partial charge >= 0.3 is 0 Å². The van der Waals surface area contributed by atoms with E-state index in [0.29, 0.717) is 0 Å². The van der Waals surface area contributed by atoms with Crippen molar-refractivity contribution < 1.29 is 0 Å². The fourth-order valence-corrected chi connectivity index (χ4v) is 4.29. The van der Waals surface area contributed by atoms with Crippen LogP contribution in [0.15, 0.2) is 30.3 Å². The Morgan fingerprint density at radius 2 is 1.56 bits per heavy atom. The first kappa shape index (κ1) is 22.3. The van der Waals surface area contributed by atoms with E-state index in [1.54, 1.807) is 0 Å². The second-order valence-electron chi connectivity index (χ2n) is 9.06. The highest BCUT2D eigenvalue weighted by atomic mass is 15.2. The van der Waals surface area contributed by atoms with Gasteiger partial charge in [0.15, 0.2) is 5.82 Å². The molecule has 0 amide bonds. The molecule has 2 heterocycles. The monoisotopic (exact) mass is 433 g/mol. The van der Waals surface area contributed by atoms with Gasteiger partial charge in [0.25, 0.3) is 0 Å². The smallest absolute Gasteiger partial charge is 0.154 e. The molecule has 0 atom stereocenters.